The smallest absolute Gasteiger partial charge is 0.119 e. The number of rotatable bonds is 6. The molecule has 5 heteroatoms. The zero-order chi connectivity index (χ0) is 12.8. The standard InChI is InChI=1S/C13H18N4O/c1-3-17-13(9-15-16-17)12(14-2)10-18-11-7-5-4-6-8-11/h4-9,12,14H,3,10H2,1-2H3. The topological polar surface area (TPSA) is 52.0 Å². The summed E-state index contributed by atoms with van der Waals surface area (Å²) in [5.74, 6) is 0.869. The van der Waals surface area contributed by atoms with Gasteiger partial charge in [0.2, 0.25) is 0 Å². The van der Waals surface area contributed by atoms with E-state index in [0.29, 0.717) is 6.61 Å². The average Bonchev–Trinajstić information content (AvgIpc) is 2.89. The second-order valence-electron chi connectivity index (χ2n) is 3.94. The molecule has 18 heavy (non-hydrogen) atoms. The fourth-order valence-corrected chi connectivity index (χ4v) is 1.79. The van der Waals surface area contributed by atoms with Crippen LogP contribution in [0.3, 0.4) is 0 Å². The molecule has 5 nitrogen and oxygen atoms in total. The van der Waals surface area contributed by atoms with Gasteiger partial charge in [0, 0.05) is 6.54 Å². The highest BCUT2D eigenvalue weighted by atomic mass is 16.5. The summed E-state index contributed by atoms with van der Waals surface area (Å²) in [6, 6.07) is 9.87. The molecule has 1 aromatic heterocycles. The summed E-state index contributed by atoms with van der Waals surface area (Å²) in [7, 11) is 1.91. The van der Waals surface area contributed by atoms with E-state index in [2.05, 4.69) is 15.6 Å². The lowest BCUT2D eigenvalue weighted by molar-refractivity contribution is 0.266. The third kappa shape index (κ3) is 2.87. The van der Waals surface area contributed by atoms with Crippen molar-refractivity contribution >= 4 is 0 Å². The SMILES string of the molecule is CCn1nncc1C(COc1ccccc1)NC. The van der Waals surface area contributed by atoms with Crippen molar-refractivity contribution in [3.63, 3.8) is 0 Å². The van der Waals surface area contributed by atoms with Gasteiger partial charge in [-0.05, 0) is 26.1 Å². The van der Waals surface area contributed by atoms with E-state index < -0.39 is 0 Å². The maximum Gasteiger partial charge on any atom is 0.119 e. The van der Waals surface area contributed by atoms with Gasteiger partial charge in [-0.2, -0.15) is 0 Å². The van der Waals surface area contributed by atoms with Crippen molar-refractivity contribution in [2.75, 3.05) is 13.7 Å². The number of aryl methyl sites for hydroxylation is 1. The molecule has 0 aliphatic carbocycles. The van der Waals surface area contributed by atoms with Gasteiger partial charge in [0.25, 0.3) is 0 Å². The minimum absolute atomic E-state index is 0.0835. The molecule has 0 aliphatic heterocycles. The molecule has 0 bridgehead atoms. The summed E-state index contributed by atoms with van der Waals surface area (Å²) in [5, 5.41) is 11.2. The van der Waals surface area contributed by atoms with Crippen LogP contribution < -0.4 is 10.1 Å². The molecule has 2 rings (SSSR count). The Morgan fingerprint density at radius 2 is 2.11 bits per heavy atom. The van der Waals surface area contributed by atoms with Gasteiger partial charge in [-0.3, -0.25) is 0 Å². The molecule has 0 aliphatic rings. The molecule has 0 saturated heterocycles. The van der Waals surface area contributed by atoms with Crippen LogP contribution in [0.5, 0.6) is 5.75 Å². The first-order valence-electron chi connectivity index (χ1n) is 6.08. The van der Waals surface area contributed by atoms with E-state index in [9.17, 15) is 0 Å². The van der Waals surface area contributed by atoms with Gasteiger partial charge in [0.1, 0.15) is 12.4 Å². The molecule has 2 aromatic rings. The van der Waals surface area contributed by atoms with E-state index in [1.54, 1.807) is 6.20 Å². The van der Waals surface area contributed by atoms with Crippen LogP contribution in [0.4, 0.5) is 0 Å². The lowest BCUT2D eigenvalue weighted by Gasteiger charge is -2.17. The Hall–Kier alpha value is -1.88. The highest BCUT2D eigenvalue weighted by Crippen LogP contribution is 2.15. The summed E-state index contributed by atoms with van der Waals surface area (Å²) < 4.78 is 7.62. The average molecular weight is 246 g/mol. The van der Waals surface area contributed by atoms with Crippen molar-refractivity contribution in [2.24, 2.45) is 0 Å². The molecule has 1 N–H and O–H groups in total. The van der Waals surface area contributed by atoms with Gasteiger partial charge >= 0.3 is 0 Å². The molecule has 1 heterocycles. The third-order valence-corrected chi connectivity index (χ3v) is 2.81. The fraction of sp³-hybridized carbons (Fsp3) is 0.385. The first-order chi connectivity index (χ1) is 8.85. The highest BCUT2D eigenvalue weighted by Gasteiger charge is 2.15. The van der Waals surface area contributed by atoms with Crippen LogP contribution in [0, 0.1) is 0 Å². The van der Waals surface area contributed by atoms with Gasteiger partial charge in [0.15, 0.2) is 0 Å². The van der Waals surface area contributed by atoms with Crippen LogP contribution in [-0.2, 0) is 6.54 Å². The Morgan fingerprint density at radius 1 is 1.33 bits per heavy atom. The summed E-state index contributed by atoms with van der Waals surface area (Å²) in [5.41, 5.74) is 1.04. The molecule has 96 valence electrons. The van der Waals surface area contributed by atoms with Crippen molar-refractivity contribution in [3.05, 3.63) is 42.2 Å². The Bertz CT molecular complexity index is 469. The highest BCUT2D eigenvalue weighted by molar-refractivity contribution is 5.21. The third-order valence-electron chi connectivity index (χ3n) is 2.81. The molecule has 1 aromatic carbocycles. The summed E-state index contributed by atoms with van der Waals surface area (Å²) in [6.45, 7) is 3.40. The molecular formula is C13H18N4O. The van der Waals surface area contributed by atoms with Crippen LogP contribution in [0.2, 0.25) is 0 Å². The number of nitrogens with zero attached hydrogens (tertiary/aromatic N) is 3. The van der Waals surface area contributed by atoms with Crippen molar-refractivity contribution in [1.82, 2.24) is 20.3 Å². The summed E-state index contributed by atoms with van der Waals surface area (Å²) >= 11 is 0. The Balaban J connectivity index is 2.02. The number of ether oxygens (including phenoxy) is 1. The Morgan fingerprint density at radius 3 is 2.78 bits per heavy atom. The molecule has 0 radical (unpaired) electrons. The van der Waals surface area contributed by atoms with Crippen LogP contribution in [-0.4, -0.2) is 28.6 Å². The number of aromatic nitrogens is 3. The van der Waals surface area contributed by atoms with Crippen LogP contribution >= 0.6 is 0 Å². The molecule has 0 saturated carbocycles. The second kappa shape index (κ2) is 6.16. The fourth-order valence-electron chi connectivity index (χ4n) is 1.79. The molecule has 0 amide bonds. The van der Waals surface area contributed by atoms with Crippen molar-refractivity contribution in [1.29, 1.82) is 0 Å². The predicted molar refractivity (Wildman–Crippen MR) is 69.4 cm³/mol. The van der Waals surface area contributed by atoms with E-state index in [1.165, 1.54) is 0 Å². The van der Waals surface area contributed by atoms with E-state index in [-0.39, 0.29) is 6.04 Å². The van der Waals surface area contributed by atoms with Gasteiger partial charge < -0.3 is 10.1 Å². The first kappa shape index (κ1) is 12.6. The molecule has 1 unspecified atom stereocenters. The number of hydrogen-bond donors (Lipinski definition) is 1. The number of hydrogen-bond acceptors (Lipinski definition) is 4. The molecule has 0 fully saturated rings. The number of likely N-dealkylation sites (N-methyl/N-ethyl adjacent to an activating group) is 1. The summed E-state index contributed by atoms with van der Waals surface area (Å²) in [4.78, 5) is 0. The maximum atomic E-state index is 5.75. The lowest BCUT2D eigenvalue weighted by atomic mass is 10.2. The lowest BCUT2D eigenvalue weighted by Crippen LogP contribution is -2.26. The Kier molecular flexibility index (Phi) is 4.30. The van der Waals surface area contributed by atoms with E-state index in [4.69, 9.17) is 4.74 Å². The first-order valence-corrected chi connectivity index (χ1v) is 6.08. The molecular weight excluding hydrogens is 228 g/mol. The number of benzene rings is 1. The Labute approximate surface area is 107 Å². The van der Waals surface area contributed by atoms with Crippen LogP contribution in [0.15, 0.2) is 36.5 Å². The zero-order valence-corrected chi connectivity index (χ0v) is 10.7. The normalized spacial score (nSPS) is 12.3. The largest absolute Gasteiger partial charge is 0.492 e. The van der Waals surface area contributed by atoms with Gasteiger partial charge in [-0.15, -0.1) is 5.10 Å². The molecule has 0 spiro atoms. The van der Waals surface area contributed by atoms with Crippen molar-refractivity contribution in [3.8, 4) is 5.75 Å². The second-order valence-corrected chi connectivity index (χ2v) is 3.94. The minimum atomic E-state index is 0.0835. The quantitative estimate of drug-likeness (QED) is 0.842. The number of nitrogens with one attached hydrogen (secondary N) is 1. The minimum Gasteiger partial charge on any atom is -0.492 e. The van der Waals surface area contributed by atoms with Crippen LogP contribution in [0.1, 0.15) is 18.7 Å². The summed E-state index contributed by atoms with van der Waals surface area (Å²) in [6.07, 6.45) is 1.78. The maximum absolute atomic E-state index is 5.75. The van der Waals surface area contributed by atoms with Crippen LogP contribution in [0.25, 0.3) is 0 Å². The van der Waals surface area contributed by atoms with Gasteiger partial charge in [-0.1, -0.05) is 23.4 Å². The monoisotopic (exact) mass is 246 g/mol. The zero-order valence-electron chi connectivity index (χ0n) is 10.7. The van der Waals surface area contributed by atoms with E-state index in [0.717, 1.165) is 18.0 Å². The van der Waals surface area contributed by atoms with Crippen molar-refractivity contribution in [2.45, 2.75) is 19.5 Å². The van der Waals surface area contributed by atoms with Gasteiger partial charge in [0.05, 0.1) is 17.9 Å². The molecule has 1 atom stereocenters. The van der Waals surface area contributed by atoms with E-state index in [1.807, 2.05) is 49.0 Å². The van der Waals surface area contributed by atoms with Gasteiger partial charge in [-0.25, -0.2) is 4.68 Å². The van der Waals surface area contributed by atoms with E-state index >= 15 is 0 Å². The van der Waals surface area contributed by atoms with Crippen molar-refractivity contribution < 1.29 is 4.74 Å². The number of para-hydroxylation sites is 1. The predicted octanol–water partition coefficient (Wildman–Crippen LogP) is 1.64.